The van der Waals surface area contributed by atoms with Crippen LogP contribution in [0.5, 0.6) is 0 Å². The molecule has 1 atom stereocenters. The minimum atomic E-state index is -0.132. The molecule has 0 spiro atoms. The summed E-state index contributed by atoms with van der Waals surface area (Å²) in [4.78, 5) is 5.25. The zero-order valence-corrected chi connectivity index (χ0v) is 15.5. The number of hydrogen-bond donors (Lipinski definition) is 0. The number of piperidine rings is 1. The molecule has 2 fully saturated rings. The van der Waals surface area contributed by atoms with Gasteiger partial charge in [0, 0.05) is 19.6 Å². The number of hydrogen-bond acceptors (Lipinski definition) is 2. The molecular weight excluding hydrogens is 323 g/mol. The monoisotopic (exact) mass is 352 g/mol. The lowest BCUT2D eigenvalue weighted by atomic mass is 9.89. The number of rotatable bonds is 5. The maximum atomic E-state index is 13.1. The minimum absolute atomic E-state index is 0.132. The van der Waals surface area contributed by atoms with Gasteiger partial charge >= 0.3 is 0 Å². The summed E-state index contributed by atoms with van der Waals surface area (Å²) in [6.45, 7) is 7.14. The third-order valence-corrected chi connectivity index (χ3v) is 6.06. The molecule has 0 saturated carbocycles. The Balaban J connectivity index is 1.22. The Labute approximate surface area is 156 Å². The first-order valence-electron chi connectivity index (χ1n) is 10.0. The second-order valence-electron chi connectivity index (χ2n) is 8.00. The summed E-state index contributed by atoms with van der Waals surface area (Å²) in [7, 11) is 0. The fraction of sp³-hybridized carbons (Fsp3) is 0.478. The van der Waals surface area contributed by atoms with E-state index < -0.39 is 0 Å². The maximum Gasteiger partial charge on any atom is 0.123 e. The summed E-state index contributed by atoms with van der Waals surface area (Å²) in [5.41, 5.74) is 2.73. The van der Waals surface area contributed by atoms with Crippen LogP contribution in [0.25, 0.3) is 0 Å². The Kier molecular flexibility index (Phi) is 5.66. The van der Waals surface area contributed by atoms with Crippen LogP contribution in [0.4, 0.5) is 4.39 Å². The average Bonchev–Trinajstić information content (AvgIpc) is 3.11. The van der Waals surface area contributed by atoms with Crippen molar-refractivity contribution >= 4 is 0 Å². The summed E-state index contributed by atoms with van der Waals surface area (Å²) >= 11 is 0. The standard InChI is InChI=1S/C23H29FN2/c24-23-8-6-21(7-9-23)22-11-14-25(15-12-22)17-20-10-13-26(18-20)16-19-4-2-1-3-5-19/h1-9,20,22H,10-18H2. The third kappa shape index (κ3) is 4.52. The smallest absolute Gasteiger partial charge is 0.123 e. The van der Waals surface area contributed by atoms with Gasteiger partial charge in [-0.2, -0.15) is 0 Å². The molecule has 0 radical (unpaired) electrons. The van der Waals surface area contributed by atoms with E-state index in [1.54, 1.807) is 12.1 Å². The van der Waals surface area contributed by atoms with Gasteiger partial charge in [0.1, 0.15) is 5.82 Å². The molecule has 2 aliphatic heterocycles. The van der Waals surface area contributed by atoms with Crippen LogP contribution < -0.4 is 0 Å². The lowest BCUT2D eigenvalue weighted by Gasteiger charge is -2.33. The largest absolute Gasteiger partial charge is 0.303 e. The van der Waals surface area contributed by atoms with Crippen LogP contribution in [-0.2, 0) is 6.54 Å². The van der Waals surface area contributed by atoms with Crippen molar-refractivity contribution < 1.29 is 4.39 Å². The zero-order chi connectivity index (χ0) is 17.8. The third-order valence-electron chi connectivity index (χ3n) is 6.06. The van der Waals surface area contributed by atoms with Gasteiger partial charge in [0.05, 0.1) is 0 Å². The zero-order valence-electron chi connectivity index (χ0n) is 15.5. The van der Waals surface area contributed by atoms with E-state index in [-0.39, 0.29) is 5.82 Å². The van der Waals surface area contributed by atoms with E-state index in [0.29, 0.717) is 5.92 Å². The molecule has 138 valence electrons. The predicted octanol–water partition coefficient (Wildman–Crippen LogP) is 4.53. The van der Waals surface area contributed by atoms with E-state index in [0.717, 1.165) is 12.5 Å². The highest BCUT2D eigenvalue weighted by atomic mass is 19.1. The van der Waals surface area contributed by atoms with Crippen molar-refractivity contribution in [3.05, 3.63) is 71.5 Å². The topological polar surface area (TPSA) is 6.48 Å². The van der Waals surface area contributed by atoms with Gasteiger partial charge in [-0.05, 0) is 74.0 Å². The molecule has 0 amide bonds. The van der Waals surface area contributed by atoms with Gasteiger partial charge in [0.2, 0.25) is 0 Å². The van der Waals surface area contributed by atoms with Crippen molar-refractivity contribution in [1.29, 1.82) is 0 Å². The quantitative estimate of drug-likeness (QED) is 0.780. The molecule has 2 aromatic carbocycles. The second-order valence-corrected chi connectivity index (χ2v) is 8.00. The van der Waals surface area contributed by atoms with Gasteiger partial charge in [-0.1, -0.05) is 42.5 Å². The summed E-state index contributed by atoms with van der Waals surface area (Å²) in [6, 6.07) is 17.9. The molecule has 3 heteroatoms. The number of benzene rings is 2. The SMILES string of the molecule is Fc1ccc(C2CCN(CC3CCN(Cc4ccccc4)C3)CC2)cc1. The Morgan fingerprint density at radius 1 is 0.808 bits per heavy atom. The highest BCUT2D eigenvalue weighted by Crippen LogP contribution is 2.29. The van der Waals surface area contributed by atoms with Crippen molar-refractivity contribution in [2.24, 2.45) is 5.92 Å². The molecule has 0 N–H and O–H groups in total. The second kappa shape index (κ2) is 8.32. The van der Waals surface area contributed by atoms with Crippen LogP contribution in [-0.4, -0.2) is 42.5 Å². The van der Waals surface area contributed by atoms with Crippen LogP contribution in [0, 0.1) is 11.7 Å². The number of nitrogens with zero attached hydrogens (tertiary/aromatic N) is 2. The first-order chi connectivity index (χ1) is 12.8. The summed E-state index contributed by atoms with van der Waals surface area (Å²) in [6.07, 6.45) is 3.73. The van der Waals surface area contributed by atoms with E-state index in [4.69, 9.17) is 0 Å². The lowest BCUT2D eigenvalue weighted by molar-refractivity contribution is 0.181. The predicted molar refractivity (Wildman–Crippen MR) is 105 cm³/mol. The average molecular weight is 352 g/mol. The van der Waals surface area contributed by atoms with Gasteiger partial charge in [-0.25, -0.2) is 4.39 Å². The molecule has 1 unspecified atom stereocenters. The molecule has 26 heavy (non-hydrogen) atoms. The van der Waals surface area contributed by atoms with Crippen molar-refractivity contribution in [3.63, 3.8) is 0 Å². The molecule has 0 aromatic heterocycles. The molecule has 4 rings (SSSR count). The van der Waals surface area contributed by atoms with E-state index in [1.807, 2.05) is 12.1 Å². The summed E-state index contributed by atoms with van der Waals surface area (Å²) in [5, 5.41) is 0. The van der Waals surface area contributed by atoms with Gasteiger partial charge in [0.25, 0.3) is 0 Å². The van der Waals surface area contributed by atoms with Gasteiger partial charge in [0.15, 0.2) is 0 Å². The highest BCUT2D eigenvalue weighted by molar-refractivity contribution is 5.21. The first kappa shape index (κ1) is 17.7. The molecule has 2 aliphatic rings. The van der Waals surface area contributed by atoms with Crippen molar-refractivity contribution in [2.75, 3.05) is 32.7 Å². The number of likely N-dealkylation sites (tertiary alicyclic amines) is 2. The molecule has 2 nitrogen and oxygen atoms in total. The normalized spacial score (nSPS) is 22.7. The first-order valence-corrected chi connectivity index (χ1v) is 10.0. The minimum Gasteiger partial charge on any atom is -0.303 e. The van der Waals surface area contributed by atoms with Gasteiger partial charge in [-0.15, -0.1) is 0 Å². The van der Waals surface area contributed by atoms with Crippen LogP contribution >= 0.6 is 0 Å². The lowest BCUT2D eigenvalue weighted by Crippen LogP contribution is -2.37. The van der Waals surface area contributed by atoms with Crippen LogP contribution in [0.1, 0.15) is 36.3 Å². The Bertz CT molecular complexity index is 677. The molecule has 2 aromatic rings. The number of halogens is 1. The van der Waals surface area contributed by atoms with E-state index in [1.165, 1.54) is 63.1 Å². The Hall–Kier alpha value is -1.71. The molecular formula is C23H29FN2. The van der Waals surface area contributed by atoms with Crippen LogP contribution in [0.2, 0.25) is 0 Å². The fourth-order valence-electron chi connectivity index (χ4n) is 4.60. The summed E-state index contributed by atoms with van der Waals surface area (Å²) < 4.78 is 13.1. The van der Waals surface area contributed by atoms with Crippen molar-refractivity contribution in [2.45, 2.75) is 31.7 Å². The van der Waals surface area contributed by atoms with Crippen molar-refractivity contribution in [1.82, 2.24) is 9.80 Å². The van der Waals surface area contributed by atoms with E-state index in [9.17, 15) is 4.39 Å². The Morgan fingerprint density at radius 3 is 2.23 bits per heavy atom. The van der Waals surface area contributed by atoms with E-state index in [2.05, 4.69) is 40.1 Å². The van der Waals surface area contributed by atoms with E-state index >= 15 is 0 Å². The van der Waals surface area contributed by atoms with Gasteiger partial charge in [-0.3, -0.25) is 4.90 Å². The molecule has 0 bridgehead atoms. The van der Waals surface area contributed by atoms with Gasteiger partial charge < -0.3 is 4.90 Å². The Morgan fingerprint density at radius 2 is 1.50 bits per heavy atom. The molecule has 0 aliphatic carbocycles. The van der Waals surface area contributed by atoms with Crippen LogP contribution in [0.15, 0.2) is 54.6 Å². The van der Waals surface area contributed by atoms with Crippen LogP contribution in [0.3, 0.4) is 0 Å². The summed E-state index contributed by atoms with van der Waals surface area (Å²) in [5.74, 6) is 1.28. The highest BCUT2D eigenvalue weighted by Gasteiger charge is 2.27. The fourth-order valence-corrected chi connectivity index (χ4v) is 4.60. The van der Waals surface area contributed by atoms with Crippen molar-refractivity contribution in [3.8, 4) is 0 Å². The maximum absolute atomic E-state index is 13.1. The molecule has 2 saturated heterocycles. The molecule has 2 heterocycles.